The Labute approximate surface area is 104 Å². The quantitative estimate of drug-likeness (QED) is 0.584. The van der Waals surface area contributed by atoms with Crippen LogP contribution in [0.1, 0.15) is 19.3 Å². The van der Waals surface area contributed by atoms with Crippen LogP contribution < -0.4 is 18.9 Å². The minimum absolute atomic E-state index is 0. The molecule has 14 heavy (non-hydrogen) atoms. The van der Waals surface area contributed by atoms with Crippen LogP contribution in [0.3, 0.4) is 0 Å². The molecule has 1 rings (SSSR count). The molecule has 0 bridgehead atoms. The van der Waals surface area contributed by atoms with Crippen molar-refractivity contribution in [2.24, 2.45) is 0 Å². The third-order valence-corrected chi connectivity index (χ3v) is 14.8. The zero-order chi connectivity index (χ0) is 9.90. The molecule has 0 aromatic rings. The van der Waals surface area contributed by atoms with Crippen molar-refractivity contribution in [1.29, 1.82) is 0 Å². The van der Waals surface area contributed by atoms with Crippen LogP contribution in [0.2, 0.25) is 26.2 Å². The van der Waals surface area contributed by atoms with Crippen LogP contribution in [0, 0.1) is 0 Å². The summed E-state index contributed by atoms with van der Waals surface area (Å²) in [7, 11) is -0.824. The van der Waals surface area contributed by atoms with Crippen molar-refractivity contribution in [3.63, 3.8) is 0 Å². The summed E-state index contributed by atoms with van der Waals surface area (Å²) < 4.78 is 0. The van der Waals surface area contributed by atoms with Crippen molar-refractivity contribution >= 4 is 15.9 Å². The molecule has 0 radical (unpaired) electrons. The zero-order valence-electron chi connectivity index (χ0n) is 10.7. The summed E-state index contributed by atoms with van der Waals surface area (Å²) in [5.41, 5.74) is 0. The smallest absolute Gasteiger partial charge is 0.336 e. The zero-order valence-corrected chi connectivity index (χ0v) is 12.7. The van der Waals surface area contributed by atoms with Crippen LogP contribution >= 0.6 is 0 Å². The van der Waals surface area contributed by atoms with Gasteiger partial charge in [-0.15, -0.1) is 13.8 Å². The van der Waals surface area contributed by atoms with Crippen molar-refractivity contribution in [1.82, 2.24) is 4.90 Å². The summed E-state index contributed by atoms with van der Waals surface area (Å²) in [6.45, 7) is 12.9. The predicted octanol–water partition coefficient (Wildman–Crippen LogP) is -0.443. The predicted molar refractivity (Wildman–Crippen MR) is 65.3 cm³/mol. The third kappa shape index (κ3) is 5.18. The van der Waals surface area contributed by atoms with Gasteiger partial charge in [0, 0.05) is 0 Å². The van der Waals surface area contributed by atoms with Crippen molar-refractivity contribution in [3.8, 4) is 0 Å². The number of rotatable bonds is 3. The Kier molecular flexibility index (Phi) is 7.01. The minimum atomic E-state index is -0.784. The maximum atomic E-state index is 2.72. The maximum Gasteiger partial charge on any atom is 1.00 e. The molecule has 1 heterocycles. The van der Waals surface area contributed by atoms with Gasteiger partial charge in [-0.05, 0) is 25.9 Å². The Morgan fingerprint density at radius 1 is 1.07 bits per heavy atom. The molecule has 0 saturated carbocycles. The molecule has 78 valence electrons. The Morgan fingerprint density at radius 3 is 2.00 bits per heavy atom. The summed E-state index contributed by atoms with van der Waals surface area (Å²) in [5, 5.41) is 0. The average molecular weight is 221 g/mol. The molecule has 0 N–H and O–H groups in total. The summed E-state index contributed by atoms with van der Waals surface area (Å²) in [5.74, 6) is 0. The first-order chi connectivity index (χ1) is 6.00. The molecule has 0 unspecified atom stereocenters. The van der Waals surface area contributed by atoms with Crippen LogP contribution in [-0.4, -0.2) is 40.1 Å². The molecule has 1 aliphatic rings. The van der Waals surface area contributed by atoms with Gasteiger partial charge in [-0.25, -0.2) is 8.31 Å². The summed E-state index contributed by atoms with van der Waals surface area (Å²) >= 11 is 0. The van der Waals surface area contributed by atoms with Crippen molar-refractivity contribution in [3.05, 3.63) is 0 Å². The number of likely N-dealkylation sites (tertiary alicyclic amines) is 1. The fourth-order valence-corrected chi connectivity index (χ4v) is 5.25. The van der Waals surface area contributed by atoms with Crippen molar-refractivity contribution in [2.75, 3.05) is 19.3 Å². The Morgan fingerprint density at radius 2 is 1.57 bits per heavy atom. The van der Waals surface area contributed by atoms with E-state index in [4.69, 9.17) is 0 Å². The van der Waals surface area contributed by atoms with Gasteiger partial charge < -0.3 is 4.90 Å². The van der Waals surface area contributed by atoms with E-state index in [1.807, 2.05) is 0 Å². The number of hydrogen-bond donors (Lipinski definition) is 0. The maximum absolute atomic E-state index is 2.72. The molecule has 1 aliphatic heterocycles. The van der Waals surface area contributed by atoms with E-state index in [0.717, 1.165) is 0 Å². The molecule has 0 aromatic carbocycles. The van der Waals surface area contributed by atoms with E-state index < -0.39 is 7.59 Å². The molecule has 0 aromatic heterocycles. The molecule has 1 fully saturated rings. The van der Waals surface area contributed by atoms with Gasteiger partial charge in [0.15, 0.2) is 0 Å². The van der Waals surface area contributed by atoms with E-state index in [1.165, 1.54) is 38.5 Å². The van der Waals surface area contributed by atoms with Crippen LogP contribution in [-0.2, 0) is 0 Å². The van der Waals surface area contributed by atoms with E-state index in [9.17, 15) is 0 Å². The summed E-state index contributed by atoms with van der Waals surface area (Å²) in [6, 6.07) is 0. The number of hydrogen-bond acceptors (Lipinski definition) is 1. The molecular weight excluding hydrogens is 197 g/mol. The third-order valence-electron chi connectivity index (χ3n) is 3.19. The van der Waals surface area contributed by atoms with Crippen LogP contribution in [0.15, 0.2) is 0 Å². The standard InChI is InChI=1S/C10H24NSi2.Li/c1-12(13(2,3)4)10-11-8-6-5-7-9-11;/h5-10H2,1-4H3;/q-1;+1. The van der Waals surface area contributed by atoms with E-state index in [0.29, 0.717) is 0 Å². The molecule has 1 nitrogen and oxygen atoms in total. The Balaban J connectivity index is 0.00000169. The molecular formula is C10H24LiNSi2. The molecule has 0 spiro atoms. The minimum Gasteiger partial charge on any atom is -0.336 e. The van der Waals surface area contributed by atoms with Crippen LogP contribution in [0.4, 0.5) is 0 Å². The van der Waals surface area contributed by atoms with Gasteiger partial charge in [0.05, 0.1) is 0 Å². The fraction of sp³-hybridized carbons (Fsp3) is 1.00. The van der Waals surface area contributed by atoms with Gasteiger partial charge in [0.25, 0.3) is 0 Å². The first-order valence-corrected chi connectivity index (χ1v) is 12.3. The number of piperidine rings is 1. The second kappa shape index (κ2) is 6.55. The van der Waals surface area contributed by atoms with Gasteiger partial charge in [0.2, 0.25) is 0 Å². The monoisotopic (exact) mass is 221 g/mol. The number of nitrogens with zero attached hydrogens (tertiary/aromatic N) is 1. The molecule has 4 heteroatoms. The van der Waals surface area contributed by atoms with Gasteiger partial charge in [-0.1, -0.05) is 26.1 Å². The fourth-order valence-electron chi connectivity index (χ4n) is 1.69. The Bertz CT molecular complexity index is 153. The molecule has 0 atom stereocenters. The first kappa shape index (κ1) is 15.0. The van der Waals surface area contributed by atoms with Gasteiger partial charge in [-0.2, -0.15) is 6.55 Å². The normalized spacial score (nSPS) is 19.5. The molecule has 1 saturated heterocycles. The van der Waals surface area contributed by atoms with Gasteiger partial charge >= 0.3 is 18.9 Å². The van der Waals surface area contributed by atoms with Crippen LogP contribution in [0.5, 0.6) is 0 Å². The van der Waals surface area contributed by atoms with E-state index >= 15 is 0 Å². The van der Waals surface area contributed by atoms with Crippen LogP contribution in [0.25, 0.3) is 0 Å². The second-order valence-corrected chi connectivity index (χ2v) is 18.8. The van der Waals surface area contributed by atoms with Gasteiger partial charge in [-0.3, -0.25) is 0 Å². The average Bonchev–Trinajstić information content (AvgIpc) is 2.04. The first-order valence-electron chi connectivity index (χ1n) is 5.55. The van der Waals surface area contributed by atoms with Gasteiger partial charge in [0.1, 0.15) is 0 Å². The summed E-state index contributed by atoms with van der Waals surface area (Å²) in [6.07, 6.45) is 5.82. The largest absolute Gasteiger partial charge is 1.00 e. The van der Waals surface area contributed by atoms with E-state index in [2.05, 4.69) is 31.1 Å². The molecule has 0 amide bonds. The molecule has 0 aliphatic carbocycles. The second-order valence-electron chi connectivity index (χ2n) is 5.37. The summed E-state index contributed by atoms with van der Waals surface area (Å²) in [4.78, 5) is 2.72. The van der Waals surface area contributed by atoms with Crippen molar-refractivity contribution < 1.29 is 18.9 Å². The topological polar surface area (TPSA) is 3.24 Å². The van der Waals surface area contributed by atoms with E-state index in [-0.39, 0.29) is 27.2 Å². The van der Waals surface area contributed by atoms with E-state index in [1.54, 1.807) is 0 Å². The van der Waals surface area contributed by atoms with Crippen molar-refractivity contribution in [2.45, 2.75) is 45.5 Å². The Hall–Kier alpha value is 0.991. The SMILES string of the molecule is C[Si-](CN1CCCCC1)[Si](C)(C)C.[Li+].